The number of pyridine rings is 1. The Morgan fingerprint density at radius 3 is 2.56 bits per heavy atom. The van der Waals surface area contributed by atoms with Crippen LogP contribution in [0.1, 0.15) is 66.0 Å². The Balaban J connectivity index is 1.17. The molecule has 0 radical (unpaired) electrons. The Morgan fingerprint density at radius 1 is 0.963 bits per heavy atom. The fourth-order valence-corrected chi connectivity index (χ4v) is 7.57. The number of carboxylic acids is 1. The number of hydrogen-bond acceptors (Lipinski definition) is 9. The van der Waals surface area contributed by atoms with Gasteiger partial charge in [0.05, 0.1) is 29.9 Å². The van der Waals surface area contributed by atoms with Crippen LogP contribution in [0.2, 0.25) is 5.02 Å². The third-order valence-corrected chi connectivity index (χ3v) is 10.6. The van der Waals surface area contributed by atoms with Gasteiger partial charge in [0.2, 0.25) is 0 Å². The third kappa shape index (κ3) is 9.90. The molecule has 2 aliphatic heterocycles. The lowest BCUT2D eigenvalue weighted by molar-refractivity contribution is -0.144. The van der Waals surface area contributed by atoms with Gasteiger partial charge in [0, 0.05) is 55.8 Å². The molecule has 10 nitrogen and oxygen atoms in total. The second-order valence-electron chi connectivity index (χ2n) is 14.2. The zero-order valence-electron chi connectivity index (χ0n) is 31.4. The van der Waals surface area contributed by atoms with Crippen molar-refractivity contribution in [1.29, 1.82) is 5.26 Å². The van der Waals surface area contributed by atoms with E-state index in [-0.39, 0.29) is 19.3 Å². The van der Waals surface area contributed by atoms with E-state index in [1.54, 1.807) is 18.3 Å². The molecule has 0 bridgehead atoms. The average Bonchev–Trinajstić information content (AvgIpc) is 3.17. The number of rotatable bonds is 15. The Kier molecular flexibility index (Phi) is 13.4. The highest BCUT2D eigenvalue weighted by molar-refractivity contribution is 6.32. The number of halogens is 1. The number of nitriles is 1. The van der Waals surface area contributed by atoms with E-state index in [9.17, 15) is 15.2 Å². The first-order chi connectivity index (χ1) is 26.2. The van der Waals surface area contributed by atoms with E-state index in [1.165, 1.54) is 6.20 Å². The highest BCUT2D eigenvalue weighted by Gasteiger charge is 2.29. The van der Waals surface area contributed by atoms with Gasteiger partial charge in [-0.25, -0.2) is 0 Å². The third-order valence-electron chi connectivity index (χ3n) is 10.3. The maximum atomic E-state index is 12.1. The van der Waals surface area contributed by atoms with Crippen LogP contribution in [0.5, 0.6) is 17.2 Å². The lowest BCUT2D eigenvalue weighted by Crippen LogP contribution is -2.44. The summed E-state index contributed by atoms with van der Waals surface area (Å²) in [6.45, 7) is 12.1. The summed E-state index contributed by atoms with van der Waals surface area (Å²) in [5.74, 6) is 1.04. The Labute approximate surface area is 323 Å². The van der Waals surface area contributed by atoms with Gasteiger partial charge in [0.15, 0.2) is 0 Å². The second kappa shape index (κ2) is 18.6. The Hall–Kier alpha value is -4.66. The van der Waals surface area contributed by atoms with Gasteiger partial charge >= 0.3 is 5.97 Å². The second-order valence-corrected chi connectivity index (χ2v) is 14.6. The topological polar surface area (TPSA) is 117 Å². The molecule has 0 unspecified atom stereocenters. The van der Waals surface area contributed by atoms with Crippen molar-refractivity contribution in [2.75, 3.05) is 39.4 Å². The number of piperidine rings is 1. The first-order valence-corrected chi connectivity index (χ1v) is 19.1. The molecule has 2 aliphatic rings. The molecule has 284 valence electrons. The molecule has 6 rings (SSSR count). The monoisotopic (exact) mass is 752 g/mol. The quantitative estimate of drug-likeness (QED) is 0.120. The van der Waals surface area contributed by atoms with Crippen molar-refractivity contribution in [1.82, 2.24) is 14.8 Å². The predicted octanol–water partition coefficient (Wildman–Crippen LogP) is 7.98. The fraction of sp³-hybridized carbons (Fsp3) is 0.419. The molecule has 0 aliphatic carbocycles. The summed E-state index contributed by atoms with van der Waals surface area (Å²) in [7, 11) is 0. The number of carboxylic acid groups (broad SMARTS) is 1. The van der Waals surface area contributed by atoms with Crippen LogP contribution in [0, 0.1) is 25.2 Å². The molecule has 1 aromatic heterocycles. The van der Waals surface area contributed by atoms with Crippen molar-refractivity contribution >= 4 is 17.6 Å². The summed E-state index contributed by atoms with van der Waals surface area (Å²) in [6, 6.07) is 19.3. The Morgan fingerprint density at radius 2 is 1.76 bits per heavy atom. The zero-order valence-corrected chi connectivity index (χ0v) is 32.1. The minimum Gasteiger partial charge on any atom is -0.493 e. The fourth-order valence-electron chi connectivity index (χ4n) is 7.33. The maximum Gasteiger partial charge on any atom is 0.320 e. The highest BCUT2D eigenvalue weighted by atomic mass is 35.5. The van der Waals surface area contributed by atoms with Crippen LogP contribution in [-0.2, 0) is 29.3 Å². The van der Waals surface area contributed by atoms with Crippen LogP contribution in [0.3, 0.4) is 0 Å². The summed E-state index contributed by atoms with van der Waals surface area (Å²) in [5, 5.41) is 19.7. The van der Waals surface area contributed by atoms with Crippen molar-refractivity contribution < 1.29 is 28.8 Å². The van der Waals surface area contributed by atoms with Crippen molar-refractivity contribution in [3.05, 3.63) is 105 Å². The van der Waals surface area contributed by atoms with Gasteiger partial charge in [-0.2, -0.15) is 5.26 Å². The number of nitrogens with zero attached hydrogens (tertiary/aromatic N) is 4. The number of hydrogen-bond donors (Lipinski definition) is 1. The van der Waals surface area contributed by atoms with E-state index in [0.29, 0.717) is 48.2 Å². The number of aromatic nitrogens is 1. The number of morpholine rings is 1. The van der Waals surface area contributed by atoms with Crippen molar-refractivity contribution in [3.8, 4) is 34.4 Å². The first kappa shape index (κ1) is 39.0. The van der Waals surface area contributed by atoms with Crippen LogP contribution in [0.25, 0.3) is 11.1 Å². The van der Waals surface area contributed by atoms with E-state index in [1.807, 2.05) is 29.2 Å². The van der Waals surface area contributed by atoms with Crippen LogP contribution in [0.15, 0.2) is 67.0 Å². The molecule has 2 saturated heterocycles. The number of likely N-dealkylation sites (tertiary alicyclic amines) is 1. The van der Waals surface area contributed by atoms with Crippen molar-refractivity contribution in [3.63, 3.8) is 0 Å². The van der Waals surface area contributed by atoms with E-state index in [2.05, 4.69) is 54.9 Å². The minimum absolute atomic E-state index is 0.162. The molecule has 11 heteroatoms. The zero-order chi connectivity index (χ0) is 38.0. The number of carbonyl (C=O) groups is 1. The van der Waals surface area contributed by atoms with Gasteiger partial charge in [-0.05, 0) is 92.6 Å². The van der Waals surface area contributed by atoms with E-state index in [4.69, 9.17) is 30.5 Å². The minimum atomic E-state index is -0.830. The smallest absolute Gasteiger partial charge is 0.320 e. The molecule has 0 spiro atoms. The average molecular weight is 753 g/mol. The standard InChI is InChI=1S/C43H49ClN4O6/c1-29-25-47(16-18-51-29)14-8-17-52-40-13-7-11-37(31(40)3)36-10-6-9-34(30(36)2)28-54-42-21-41(53-27-33-19-32(22-45)23-46-24-33)35(20-38(42)44)26-48-15-5-4-12-39(48)43(49)50/h6-7,9-11,13,19-21,23-24,29,39H,4-5,8,12,14-18,25-28H2,1-3H3,(H,49,50)/t29-,39-/m0/s1. The molecule has 0 saturated carbocycles. The van der Waals surface area contributed by atoms with Crippen molar-refractivity contribution in [2.45, 2.75) is 78.4 Å². The van der Waals surface area contributed by atoms with E-state index >= 15 is 0 Å². The summed E-state index contributed by atoms with van der Waals surface area (Å²) < 4.78 is 24.7. The molecule has 2 atom stereocenters. The van der Waals surface area contributed by atoms with Crippen LogP contribution in [0.4, 0.5) is 0 Å². The van der Waals surface area contributed by atoms with Crippen LogP contribution < -0.4 is 14.2 Å². The molecular weight excluding hydrogens is 704 g/mol. The summed E-state index contributed by atoms with van der Waals surface area (Å²) in [5.41, 5.74) is 7.35. The van der Waals surface area contributed by atoms with Gasteiger partial charge in [-0.15, -0.1) is 0 Å². The van der Waals surface area contributed by atoms with Gasteiger partial charge in [0.1, 0.15) is 42.6 Å². The van der Waals surface area contributed by atoms with Crippen molar-refractivity contribution in [2.24, 2.45) is 0 Å². The lowest BCUT2D eigenvalue weighted by Gasteiger charge is -2.33. The number of benzene rings is 3. The SMILES string of the molecule is Cc1c(COc2cc(OCc3cncc(C#N)c3)c(CN3CCCC[C@H]3C(=O)O)cc2Cl)cccc1-c1cccc(OCCCN2CCO[C@@H](C)C2)c1C. The molecule has 3 aromatic carbocycles. The number of aliphatic carboxylic acids is 1. The highest BCUT2D eigenvalue weighted by Crippen LogP contribution is 2.37. The largest absolute Gasteiger partial charge is 0.493 e. The number of ether oxygens (including phenoxy) is 4. The van der Waals surface area contributed by atoms with Crippen LogP contribution in [-0.4, -0.2) is 77.4 Å². The summed E-state index contributed by atoms with van der Waals surface area (Å²) >= 11 is 6.87. The summed E-state index contributed by atoms with van der Waals surface area (Å²) in [6.07, 6.45) is 6.78. The predicted molar refractivity (Wildman–Crippen MR) is 208 cm³/mol. The van der Waals surface area contributed by atoms with E-state index < -0.39 is 12.0 Å². The summed E-state index contributed by atoms with van der Waals surface area (Å²) in [4.78, 5) is 20.6. The first-order valence-electron chi connectivity index (χ1n) is 18.7. The van der Waals surface area contributed by atoms with Gasteiger partial charge in [0.25, 0.3) is 0 Å². The molecule has 0 amide bonds. The normalized spacial score (nSPS) is 17.8. The molecule has 4 aromatic rings. The lowest BCUT2D eigenvalue weighted by atomic mass is 9.93. The molecule has 2 fully saturated rings. The van der Waals surface area contributed by atoms with E-state index in [0.717, 1.165) is 90.2 Å². The van der Waals surface area contributed by atoms with Gasteiger partial charge < -0.3 is 24.1 Å². The van der Waals surface area contributed by atoms with Gasteiger partial charge in [-0.1, -0.05) is 48.4 Å². The molecule has 3 heterocycles. The maximum absolute atomic E-state index is 12.1. The molecular formula is C43H49ClN4O6. The van der Waals surface area contributed by atoms with Gasteiger partial charge in [-0.3, -0.25) is 19.6 Å². The molecule has 1 N–H and O–H groups in total. The van der Waals surface area contributed by atoms with Crippen LogP contribution >= 0.6 is 11.6 Å². The Bertz CT molecular complexity index is 1970. The molecule has 54 heavy (non-hydrogen) atoms.